The van der Waals surface area contributed by atoms with Gasteiger partial charge in [-0.3, -0.25) is 4.79 Å². The second-order valence-electron chi connectivity index (χ2n) is 8.13. The van der Waals surface area contributed by atoms with Crippen LogP contribution in [0.1, 0.15) is 35.4 Å². The number of hydrogen-bond acceptors (Lipinski definition) is 7. The molecule has 0 unspecified atom stereocenters. The zero-order chi connectivity index (χ0) is 21.7. The lowest BCUT2D eigenvalue weighted by molar-refractivity contribution is -0.0165. The second kappa shape index (κ2) is 7.51. The molecule has 1 aliphatic heterocycles. The first kappa shape index (κ1) is 19.8. The summed E-state index contributed by atoms with van der Waals surface area (Å²) in [4.78, 5) is 21.2. The van der Waals surface area contributed by atoms with E-state index >= 15 is 0 Å². The molecule has 1 fully saturated rings. The number of nitrogens with zero attached hydrogens (tertiary/aromatic N) is 3. The number of aliphatic hydroxyl groups excluding tert-OH is 2. The first-order valence-corrected chi connectivity index (χ1v) is 10.3. The van der Waals surface area contributed by atoms with Crippen LogP contribution in [-0.4, -0.2) is 61.6 Å². The van der Waals surface area contributed by atoms with Gasteiger partial charge in [0, 0.05) is 18.0 Å². The molecule has 1 aromatic carbocycles. The van der Waals surface area contributed by atoms with E-state index in [0.717, 1.165) is 11.1 Å². The minimum atomic E-state index is -1.13. The summed E-state index contributed by atoms with van der Waals surface area (Å²) in [6.45, 7) is 4.16. The molecule has 3 heterocycles. The van der Waals surface area contributed by atoms with Crippen molar-refractivity contribution < 1.29 is 24.5 Å². The van der Waals surface area contributed by atoms with Crippen LogP contribution in [0.4, 0.5) is 0 Å². The molecule has 31 heavy (non-hydrogen) atoms. The number of nitrogens with one attached hydrogen (secondary N) is 1. The van der Waals surface area contributed by atoms with Gasteiger partial charge in [-0.2, -0.15) is 0 Å². The third kappa shape index (κ3) is 3.30. The highest BCUT2D eigenvalue weighted by molar-refractivity contribution is 6.00. The monoisotopic (exact) mass is 424 g/mol. The molecule has 0 radical (unpaired) electrons. The molecule has 9 heteroatoms. The summed E-state index contributed by atoms with van der Waals surface area (Å²) in [5.74, 6) is 0.466. The van der Waals surface area contributed by atoms with Crippen molar-refractivity contribution in [2.75, 3.05) is 6.54 Å². The Labute approximate surface area is 178 Å². The van der Waals surface area contributed by atoms with Gasteiger partial charge in [-0.1, -0.05) is 6.07 Å². The topological polar surface area (TPSA) is 119 Å². The van der Waals surface area contributed by atoms with Crippen molar-refractivity contribution in [1.82, 2.24) is 19.9 Å². The quantitative estimate of drug-likeness (QED) is 0.581. The first-order chi connectivity index (χ1) is 14.9. The molecule has 2 aliphatic rings. The zero-order valence-electron chi connectivity index (χ0n) is 17.2. The summed E-state index contributed by atoms with van der Waals surface area (Å²) in [5.41, 5.74) is 1.84. The largest absolute Gasteiger partial charge is 0.488 e. The van der Waals surface area contributed by atoms with E-state index < -0.39 is 24.4 Å². The Hall–Kier alpha value is -3.17. The van der Waals surface area contributed by atoms with E-state index in [1.807, 2.05) is 30.7 Å². The molecule has 1 amide bonds. The van der Waals surface area contributed by atoms with Gasteiger partial charge in [-0.25, -0.2) is 9.97 Å². The third-order valence-electron chi connectivity index (χ3n) is 6.04. The van der Waals surface area contributed by atoms with Crippen LogP contribution in [0.15, 0.2) is 36.8 Å². The van der Waals surface area contributed by atoms with E-state index in [1.165, 1.54) is 6.33 Å². The van der Waals surface area contributed by atoms with Gasteiger partial charge in [0.1, 0.15) is 53.5 Å². The number of ether oxygens (including phenoxy) is 2. The summed E-state index contributed by atoms with van der Waals surface area (Å²) < 4.78 is 13.8. The molecule has 3 aromatic rings. The standard InChI is InChI=1S/C22H24N4O5/c1-11-9-23-22(29)18-15(30-11)4-3-5-16(18)31-17-8-14(19(27)20(17)28)26-7-6-13-12(2)24-10-25-21(13)26/h3-7,10-11,14,17,19-20,27-28H,8-9H2,1-2H3,(H,23,29)/t11-,14-,17+,19+,20-/m1/s1. The number of hydrogen-bond donors (Lipinski definition) is 3. The maximum absolute atomic E-state index is 12.6. The van der Waals surface area contributed by atoms with Crippen molar-refractivity contribution in [3.05, 3.63) is 48.0 Å². The molecular weight excluding hydrogens is 400 g/mol. The van der Waals surface area contributed by atoms with Crippen LogP contribution in [0.25, 0.3) is 11.0 Å². The summed E-state index contributed by atoms with van der Waals surface area (Å²) in [7, 11) is 0. The van der Waals surface area contributed by atoms with Crippen molar-refractivity contribution in [1.29, 1.82) is 0 Å². The molecule has 5 rings (SSSR count). The number of rotatable bonds is 3. The van der Waals surface area contributed by atoms with Crippen molar-refractivity contribution in [3.8, 4) is 11.5 Å². The molecule has 162 valence electrons. The maximum atomic E-state index is 12.6. The minimum absolute atomic E-state index is 0.170. The number of benzene rings is 1. The molecule has 0 spiro atoms. The van der Waals surface area contributed by atoms with Gasteiger partial charge in [0.05, 0.1) is 18.3 Å². The van der Waals surface area contributed by atoms with Crippen molar-refractivity contribution in [2.24, 2.45) is 0 Å². The lowest BCUT2D eigenvalue weighted by Gasteiger charge is -2.20. The Morgan fingerprint density at radius 2 is 2.06 bits per heavy atom. The van der Waals surface area contributed by atoms with Gasteiger partial charge in [0.15, 0.2) is 0 Å². The van der Waals surface area contributed by atoms with Crippen LogP contribution in [0.2, 0.25) is 0 Å². The smallest absolute Gasteiger partial charge is 0.258 e. The number of fused-ring (bicyclic) bond motifs is 2. The third-order valence-corrected chi connectivity index (χ3v) is 6.04. The molecule has 0 bridgehead atoms. The summed E-state index contributed by atoms with van der Waals surface area (Å²) in [5, 5.41) is 25.2. The van der Waals surface area contributed by atoms with Crippen LogP contribution in [0.3, 0.4) is 0 Å². The van der Waals surface area contributed by atoms with Crippen molar-refractivity contribution >= 4 is 16.9 Å². The van der Waals surface area contributed by atoms with Crippen LogP contribution in [-0.2, 0) is 0 Å². The number of aliphatic hydroxyl groups is 2. The van der Waals surface area contributed by atoms with Crippen LogP contribution in [0.5, 0.6) is 11.5 Å². The fourth-order valence-corrected chi connectivity index (χ4v) is 4.40. The predicted octanol–water partition coefficient (Wildman–Crippen LogP) is 1.36. The Bertz CT molecular complexity index is 1150. The van der Waals surface area contributed by atoms with E-state index in [1.54, 1.807) is 18.2 Å². The van der Waals surface area contributed by atoms with Gasteiger partial charge in [0.2, 0.25) is 0 Å². The van der Waals surface area contributed by atoms with Gasteiger partial charge in [0.25, 0.3) is 5.91 Å². The lowest BCUT2D eigenvalue weighted by atomic mass is 10.1. The van der Waals surface area contributed by atoms with Crippen LogP contribution in [0, 0.1) is 6.92 Å². The number of aromatic nitrogens is 3. The van der Waals surface area contributed by atoms with E-state index in [9.17, 15) is 15.0 Å². The number of carbonyl (C=O) groups excluding carboxylic acids is 1. The molecule has 1 aliphatic carbocycles. The maximum Gasteiger partial charge on any atom is 0.258 e. The predicted molar refractivity (Wildman–Crippen MR) is 111 cm³/mol. The SMILES string of the molecule is Cc1ncnc2c1ccn2[C@@H]1C[C@H](Oc2cccc3c2C(=O)NC[C@@H](C)O3)[C@@H](O)[C@H]1O. The molecule has 5 atom stereocenters. The number of aryl methyl sites for hydroxylation is 1. The normalized spacial score (nSPS) is 28.0. The fraction of sp³-hybridized carbons (Fsp3) is 0.409. The Balaban J connectivity index is 1.45. The van der Waals surface area contributed by atoms with Gasteiger partial charge < -0.3 is 29.6 Å². The fourth-order valence-electron chi connectivity index (χ4n) is 4.40. The molecular formula is C22H24N4O5. The highest BCUT2D eigenvalue weighted by Gasteiger charge is 2.45. The van der Waals surface area contributed by atoms with E-state index in [2.05, 4.69) is 15.3 Å². The Morgan fingerprint density at radius 1 is 1.23 bits per heavy atom. The summed E-state index contributed by atoms with van der Waals surface area (Å²) >= 11 is 0. The Kier molecular flexibility index (Phi) is 4.79. The summed E-state index contributed by atoms with van der Waals surface area (Å²) in [6, 6.07) is 6.61. The Morgan fingerprint density at radius 3 is 2.90 bits per heavy atom. The lowest BCUT2D eigenvalue weighted by Crippen LogP contribution is -2.34. The molecule has 1 saturated carbocycles. The second-order valence-corrected chi connectivity index (χ2v) is 8.13. The number of amides is 1. The molecule has 3 N–H and O–H groups in total. The van der Waals surface area contributed by atoms with Crippen molar-refractivity contribution in [3.63, 3.8) is 0 Å². The van der Waals surface area contributed by atoms with Gasteiger partial charge in [-0.15, -0.1) is 0 Å². The van der Waals surface area contributed by atoms with Crippen LogP contribution < -0.4 is 14.8 Å². The summed E-state index contributed by atoms with van der Waals surface area (Å²) in [6.07, 6.45) is 0.609. The van der Waals surface area contributed by atoms with E-state index in [0.29, 0.717) is 35.7 Å². The first-order valence-electron chi connectivity index (χ1n) is 10.3. The van der Waals surface area contributed by atoms with Gasteiger partial charge >= 0.3 is 0 Å². The van der Waals surface area contributed by atoms with Crippen LogP contribution >= 0.6 is 0 Å². The van der Waals surface area contributed by atoms with E-state index in [-0.39, 0.29) is 12.0 Å². The average molecular weight is 424 g/mol. The van der Waals surface area contributed by atoms with Crippen molar-refractivity contribution in [2.45, 2.75) is 50.7 Å². The average Bonchev–Trinajstić information content (AvgIpc) is 3.25. The highest BCUT2D eigenvalue weighted by Crippen LogP contribution is 2.38. The highest BCUT2D eigenvalue weighted by atomic mass is 16.5. The molecule has 9 nitrogen and oxygen atoms in total. The van der Waals surface area contributed by atoms with E-state index in [4.69, 9.17) is 9.47 Å². The minimum Gasteiger partial charge on any atom is -0.488 e. The zero-order valence-corrected chi connectivity index (χ0v) is 17.2. The molecule has 2 aromatic heterocycles. The van der Waals surface area contributed by atoms with Gasteiger partial charge in [-0.05, 0) is 32.0 Å². The number of carbonyl (C=O) groups is 1. The molecule has 0 saturated heterocycles.